The SMILES string of the molecule is C#CCCCCCC(C)OCC(=O)NCCNC(=O)c1cc(COC(=O)NCC(=O)NCOCC(=O)N[C@H]2CCc3c(C)c(F)cc4nc5c(c2c34)Cn2c-5cc3c(c2=O)COC(=O)[C@]3(O)CC)ccc1O[C@@H]1O[C@H](CO)[C@@H](O)[C@H](O)[C@H]1O. The first-order valence-corrected chi connectivity index (χ1v) is 27.3. The standard InChI is InChI=1S/C57H68FN7O18/c1-5-7-8-9-10-11-29(3)79-27-44(68)59-16-17-60-52(73)33-18-31(12-15-41(33)82-54-51(72)50(71)49(70)42(23-66)83-54)24-81-56(76)61-21-43(67)62-28-78-26-45(69)63-38-14-13-32-30(4)37(58)20-39-46(32)47(38)34-22-65-40(48(34)64-39)19-36-35(53(65)74)25-80-55(75)57(36,77)6-2/h1,12,15,18-20,29,38,42,49-51,54,66,70-72,77H,6-11,13-14,16-17,21-28H2,2-4H3,(H,59,68)(H,60,73)(H,61,76)(H,62,67)(H,63,69)/t29?,38-,42+,49+,50-,51+,54+,57-/m0/s1. The van der Waals surface area contributed by atoms with E-state index in [1.165, 1.54) is 28.8 Å². The molecule has 4 aliphatic rings. The first-order valence-electron chi connectivity index (χ1n) is 27.3. The summed E-state index contributed by atoms with van der Waals surface area (Å²) in [7, 11) is 0. The van der Waals surface area contributed by atoms with Gasteiger partial charge in [-0.2, -0.15) is 0 Å². The first kappa shape index (κ1) is 61.5. The maximum absolute atomic E-state index is 15.4. The number of carbonyl (C=O) groups is 6. The summed E-state index contributed by atoms with van der Waals surface area (Å²) in [4.78, 5) is 96.5. The number of rotatable bonds is 25. The van der Waals surface area contributed by atoms with Gasteiger partial charge >= 0.3 is 12.1 Å². The highest BCUT2D eigenvalue weighted by molar-refractivity contribution is 5.97. The number of ether oxygens (including phenoxy) is 6. The molecule has 1 saturated heterocycles. The molecule has 1 unspecified atom stereocenters. The molecule has 83 heavy (non-hydrogen) atoms. The number of unbranched alkanes of at least 4 members (excludes halogenated alkanes) is 3. The van der Waals surface area contributed by atoms with Crippen LogP contribution in [0.2, 0.25) is 0 Å². The van der Waals surface area contributed by atoms with Crippen LogP contribution < -0.4 is 36.9 Å². The number of amides is 5. The Morgan fingerprint density at radius 1 is 0.952 bits per heavy atom. The summed E-state index contributed by atoms with van der Waals surface area (Å²) >= 11 is 0. The minimum Gasteiger partial charge on any atom is -0.461 e. The summed E-state index contributed by atoms with van der Waals surface area (Å²) < 4.78 is 49.7. The Hall–Kier alpha value is -7.61. The number of hydrogen-bond acceptors (Lipinski definition) is 19. The number of carbonyl (C=O) groups excluding carboxylic acids is 6. The smallest absolute Gasteiger partial charge is 0.407 e. The van der Waals surface area contributed by atoms with Gasteiger partial charge in [-0.05, 0) is 86.4 Å². The molecule has 2 aromatic carbocycles. The van der Waals surface area contributed by atoms with E-state index in [-0.39, 0.29) is 73.4 Å². The summed E-state index contributed by atoms with van der Waals surface area (Å²) in [5.41, 5.74) is 1.11. The molecule has 10 N–H and O–H groups in total. The van der Waals surface area contributed by atoms with Gasteiger partial charge in [0.1, 0.15) is 75.7 Å². The van der Waals surface area contributed by atoms with Crippen LogP contribution in [-0.2, 0) is 74.6 Å². The van der Waals surface area contributed by atoms with Crippen molar-refractivity contribution >= 4 is 46.6 Å². The topological polar surface area (TPSA) is 354 Å². The minimum atomic E-state index is -2.06. The highest BCUT2D eigenvalue weighted by atomic mass is 19.1. The lowest BCUT2D eigenvalue weighted by atomic mass is 9.81. The van der Waals surface area contributed by atoms with E-state index in [9.17, 15) is 59.1 Å². The van der Waals surface area contributed by atoms with Crippen LogP contribution in [0.15, 0.2) is 35.1 Å². The number of aliphatic hydroxyl groups is 5. The third-order valence-electron chi connectivity index (χ3n) is 15.1. The summed E-state index contributed by atoms with van der Waals surface area (Å²) in [6, 6.07) is 6.20. The first-order chi connectivity index (χ1) is 39.8. The van der Waals surface area contributed by atoms with Crippen LogP contribution in [0.25, 0.3) is 22.3 Å². The fraction of sp³-hybridized carbons (Fsp3) is 0.509. The molecule has 8 rings (SSSR count). The number of hydrogen-bond donors (Lipinski definition) is 10. The Bertz CT molecular complexity index is 3240. The number of terminal acetylenes is 1. The molecule has 1 fully saturated rings. The molecule has 26 heteroatoms. The number of aryl methyl sites for hydroxylation is 1. The van der Waals surface area contributed by atoms with E-state index in [4.69, 9.17) is 39.8 Å². The number of alkyl carbamates (subject to hydrolysis) is 1. The van der Waals surface area contributed by atoms with E-state index in [2.05, 4.69) is 32.5 Å². The normalized spacial score (nSPS) is 21.5. The van der Waals surface area contributed by atoms with E-state index >= 15 is 4.39 Å². The van der Waals surface area contributed by atoms with E-state index in [1.54, 1.807) is 19.9 Å². The Morgan fingerprint density at radius 3 is 2.49 bits per heavy atom. The van der Waals surface area contributed by atoms with Gasteiger partial charge in [-0.15, -0.1) is 12.3 Å². The van der Waals surface area contributed by atoms with E-state index in [1.807, 2.05) is 6.92 Å². The Kier molecular flexibility index (Phi) is 20.1. The van der Waals surface area contributed by atoms with E-state index in [0.717, 1.165) is 25.7 Å². The number of cyclic esters (lactones) is 1. The van der Waals surface area contributed by atoms with Gasteiger partial charge in [-0.1, -0.05) is 25.8 Å². The van der Waals surface area contributed by atoms with Gasteiger partial charge in [0.2, 0.25) is 24.0 Å². The number of halogens is 1. The van der Waals surface area contributed by atoms with Gasteiger partial charge in [0.25, 0.3) is 11.5 Å². The third kappa shape index (κ3) is 13.7. The molecule has 25 nitrogen and oxygen atoms in total. The summed E-state index contributed by atoms with van der Waals surface area (Å²) in [5, 5.41) is 65.8. The lowest BCUT2D eigenvalue weighted by Crippen LogP contribution is -2.60. The Labute approximate surface area is 475 Å². The number of aromatic nitrogens is 2. The summed E-state index contributed by atoms with van der Waals surface area (Å²) in [6.07, 6.45) is 0.770. The van der Waals surface area contributed by atoms with Crippen LogP contribution in [0.1, 0.15) is 114 Å². The van der Waals surface area contributed by atoms with Crippen LogP contribution >= 0.6 is 0 Å². The zero-order chi connectivity index (χ0) is 59.7. The zero-order valence-electron chi connectivity index (χ0n) is 46.0. The predicted octanol–water partition coefficient (Wildman–Crippen LogP) is 0.661. The zero-order valence-corrected chi connectivity index (χ0v) is 46.0. The van der Waals surface area contributed by atoms with Crippen LogP contribution in [-0.4, -0.2) is 154 Å². The molecule has 0 bridgehead atoms. The van der Waals surface area contributed by atoms with Gasteiger partial charge in [-0.25, -0.2) is 19.0 Å². The Morgan fingerprint density at radius 2 is 1.73 bits per heavy atom. The second-order valence-electron chi connectivity index (χ2n) is 20.7. The molecule has 0 saturated carbocycles. The Balaban J connectivity index is 0.826. The summed E-state index contributed by atoms with van der Waals surface area (Å²) in [6.45, 7) is 1.87. The van der Waals surface area contributed by atoms with Gasteiger partial charge in [0.05, 0.1) is 53.3 Å². The molecule has 8 atom stereocenters. The molecule has 446 valence electrons. The monoisotopic (exact) mass is 1160 g/mol. The number of nitrogens with zero attached hydrogens (tertiary/aromatic N) is 2. The minimum absolute atomic E-state index is 0.00872. The van der Waals surface area contributed by atoms with Crippen molar-refractivity contribution in [3.05, 3.63) is 91.0 Å². The number of nitrogens with one attached hydrogen (secondary N) is 5. The van der Waals surface area contributed by atoms with Gasteiger partial charge in [-0.3, -0.25) is 24.0 Å². The van der Waals surface area contributed by atoms with Crippen LogP contribution in [0, 0.1) is 25.1 Å². The third-order valence-corrected chi connectivity index (χ3v) is 15.1. The van der Waals surface area contributed by atoms with Crippen molar-refractivity contribution in [3.63, 3.8) is 0 Å². The number of fused-ring (bicyclic) bond motifs is 5. The van der Waals surface area contributed by atoms with Gasteiger partial charge in [0, 0.05) is 42.1 Å². The van der Waals surface area contributed by atoms with Crippen LogP contribution in [0.5, 0.6) is 5.75 Å². The number of pyridine rings is 2. The fourth-order valence-electron chi connectivity index (χ4n) is 10.5. The van der Waals surface area contributed by atoms with Crippen molar-refractivity contribution in [3.8, 4) is 29.5 Å². The quantitative estimate of drug-likeness (QED) is 0.0166. The number of aliphatic hydroxyl groups excluding tert-OH is 4. The van der Waals surface area contributed by atoms with Gasteiger partial charge < -0.3 is 85.1 Å². The highest BCUT2D eigenvalue weighted by Crippen LogP contribution is 2.46. The van der Waals surface area contributed by atoms with Crippen molar-refractivity contribution < 1.29 is 87.1 Å². The maximum Gasteiger partial charge on any atom is 0.407 e. The maximum atomic E-state index is 15.4. The lowest BCUT2D eigenvalue weighted by Gasteiger charge is -2.39. The van der Waals surface area contributed by atoms with Gasteiger partial charge in [0.15, 0.2) is 5.60 Å². The molecular weight excluding hydrogens is 1090 g/mol. The van der Waals surface area contributed by atoms with Crippen molar-refractivity contribution in [1.82, 2.24) is 36.1 Å². The van der Waals surface area contributed by atoms with Crippen LogP contribution in [0.4, 0.5) is 9.18 Å². The molecule has 5 heterocycles. The number of esters is 1. The molecule has 1 aliphatic carbocycles. The molecule has 3 aliphatic heterocycles. The van der Waals surface area contributed by atoms with Crippen molar-refractivity contribution in [2.24, 2.45) is 0 Å². The van der Waals surface area contributed by atoms with Crippen molar-refractivity contribution in [2.75, 3.05) is 46.2 Å². The van der Waals surface area contributed by atoms with E-state index < -0.39 is 123 Å². The van der Waals surface area contributed by atoms with E-state index in [0.29, 0.717) is 63.8 Å². The molecule has 5 amide bonds. The largest absolute Gasteiger partial charge is 0.461 e. The molecule has 0 spiro atoms. The predicted molar refractivity (Wildman–Crippen MR) is 289 cm³/mol. The molecule has 2 aromatic heterocycles. The highest BCUT2D eigenvalue weighted by Gasteiger charge is 2.47. The molecule has 4 aromatic rings. The average Bonchev–Trinajstić information content (AvgIpc) is 2.29. The fourth-order valence-corrected chi connectivity index (χ4v) is 10.5. The lowest BCUT2D eigenvalue weighted by molar-refractivity contribution is -0.277. The second-order valence-corrected chi connectivity index (χ2v) is 20.7. The molecular formula is C57H68FN7O18. The molecule has 0 radical (unpaired) electrons. The average molecular weight is 1160 g/mol. The van der Waals surface area contributed by atoms with Crippen molar-refractivity contribution in [1.29, 1.82) is 0 Å². The second kappa shape index (κ2) is 27.2. The van der Waals surface area contributed by atoms with Crippen molar-refractivity contribution in [2.45, 2.75) is 140 Å². The van der Waals surface area contributed by atoms with Crippen LogP contribution in [0.3, 0.4) is 0 Å². The summed E-state index contributed by atoms with van der Waals surface area (Å²) in [5.74, 6) is -1.37. The number of benzene rings is 2.